The molecule has 4 aliphatic rings. The van der Waals surface area contributed by atoms with Crippen LogP contribution in [-0.2, 0) is 28.1 Å². The maximum absolute atomic E-state index is 7.07. The van der Waals surface area contributed by atoms with E-state index in [1.54, 1.807) is 0 Å². The Morgan fingerprint density at radius 2 is 1.66 bits per heavy atom. The van der Waals surface area contributed by atoms with E-state index >= 15 is 0 Å². The van der Waals surface area contributed by atoms with Crippen molar-refractivity contribution in [3.05, 3.63) is 47.7 Å². The van der Waals surface area contributed by atoms with E-state index in [0.29, 0.717) is 13.0 Å². The van der Waals surface area contributed by atoms with Gasteiger partial charge in [0.25, 0.3) is 0 Å². The Morgan fingerprint density at radius 1 is 0.868 bits per heavy atom. The first-order chi connectivity index (χ1) is 18.2. The number of allylic oxidation sites excluding steroid dienone is 1. The zero-order chi connectivity index (χ0) is 26.8. The summed E-state index contributed by atoms with van der Waals surface area (Å²) in [6, 6.07) is 10.2. The van der Waals surface area contributed by atoms with Gasteiger partial charge in [0.1, 0.15) is 12.2 Å². The van der Waals surface area contributed by atoms with Crippen molar-refractivity contribution in [1.82, 2.24) is 0 Å². The average molecular weight is 545 g/mol. The highest BCUT2D eigenvalue weighted by Crippen LogP contribution is 2.41. The van der Waals surface area contributed by atoms with Gasteiger partial charge in [-0.05, 0) is 69.2 Å². The first kappa shape index (κ1) is 28.3. The predicted octanol–water partition coefficient (Wildman–Crippen LogP) is 7.06. The van der Waals surface area contributed by atoms with Crippen LogP contribution in [0, 0.1) is 0 Å². The van der Waals surface area contributed by atoms with Crippen LogP contribution in [0.1, 0.15) is 84.0 Å². The van der Waals surface area contributed by atoms with E-state index < -0.39 is 8.32 Å². The first-order valence-corrected chi connectivity index (χ1v) is 17.7. The molecule has 7 atom stereocenters. The lowest BCUT2D eigenvalue weighted by atomic mass is 9.97. The standard InChI is InChI=1S/C31H48O6Si/c1-31(2,3)38(4,5)37-27-18-17-26-29(21-33-30(36-26)22-12-7-6-8-13-22)35-28(27)20-23-14-9-10-15-24-25(34-23)16-11-19-32-24/h6-8,12-14,24-30H,9-11,15-21H2,1-5H3/b23-14-/t24-,25+,26+,27-,28+,29-,30-/m1/s1. The van der Waals surface area contributed by atoms with Gasteiger partial charge < -0.3 is 28.1 Å². The molecule has 3 saturated heterocycles. The molecule has 5 rings (SSSR count). The summed E-state index contributed by atoms with van der Waals surface area (Å²) >= 11 is 0. The third-order valence-electron chi connectivity index (χ3n) is 9.10. The van der Waals surface area contributed by atoms with E-state index in [2.05, 4.69) is 52.1 Å². The highest BCUT2D eigenvalue weighted by atomic mass is 28.4. The number of benzene rings is 1. The molecule has 38 heavy (non-hydrogen) atoms. The zero-order valence-electron chi connectivity index (χ0n) is 24.0. The van der Waals surface area contributed by atoms with Crippen molar-refractivity contribution in [2.24, 2.45) is 0 Å². The van der Waals surface area contributed by atoms with Crippen LogP contribution in [0.25, 0.3) is 0 Å². The number of fused-ring (bicyclic) bond motifs is 2. The number of ether oxygens (including phenoxy) is 5. The van der Waals surface area contributed by atoms with Gasteiger partial charge in [0, 0.05) is 18.6 Å². The van der Waals surface area contributed by atoms with E-state index in [-0.39, 0.29) is 48.0 Å². The van der Waals surface area contributed by atoms with E-state index in [4.69, 9.17) is 28.1 Å². The van der Waals surface area contributed by atoms with Crippen LogP contribution in [0.15, 0.2) is 42.2 Å². The summed E-state index contributed by atoms with van der Waals surface area (Å²) in [5.74, 6) is 1.04. The zero-order valence-corrected chi connectivity index (χ0v) is 25.0. The maximum atomic E-state index is 7.07. The Kier molecular flexibility index (Phi) is 9.02. The Labute approximate surface area is 230 Å². The summed E-state index contributed by atoms with van der Waals surface area (Å²) in [6.07, 6.45) is 9.91. The van der Waals surface area contributed by atoms with Crippen molar-refractivity contribution >= 4 is 8.32 Å². The average Bonchev–Trinajstić information content (AvgIpc) is 3.04. The summed E-state index contributed by atoms with van der Waals surface area (Å²) in [4.78, 5) is 0. The van der Waals surface area contributed by atoms with Gasteiger partial charge in [-0.25, -0.2) is 0 Å². The molecular weight excluding hydrogens is 496 g/mol. The van der Waals surface area contributed by atoms with Gasteiger partial charge in [-0.3, -0.25) is 0 Å². The second-order valence-corrected chi connectivity index (χ2v) is 17.7. The molecule has 0 aliphatic carbocycles. The summed E-state index contributed by atoms with van der Waals surface area (Å²) in [5.41, 5.74) is 1.05. The number of hydrogen-bond acceptors (Lipinski definition) is 6. The van der Waals surface area contributed by atoms with E-state index in [1.165, 1.54) is 0 Å². The van der Waals surface area contributed by atoms with Crippen molar-refractivity contribution in [1.29, 1.82) is 0 Å². The molecule has 0 spiro atoms. The Balaban J connectivity index is 1.34. The molecule has 0 amide bonds. The van der Waals surface area contributed by atoms with Gasteiger partial charge in [-0.1, -0.05) is 51.1 Å². The van der Waals surface area contributed by atoms with Crippen molar-refractivity contribution in [3.8, 4) is 0 Å². The smallest absolute Gasteiger partial charge is 0.192 e. The molecule has 1 aromatic rings. The highest BCUT2D eigenvalue weighted by molar-refractivity contribution is 6.74. The van der Waals surface area contributed by atoms with E-state index in [0.717, 1.165) is 62.9 Å². The minimum absolute atomic E-state index is 0.00592. The van der Waals surface area contributed by atoms with E-state index in [9.17, 15) is 0 Å². The summed E-state index contributed by atoms with van der Waals surface area (Å²) in [7, 11) is -2.02. The third kappa shape index (κ3) is 6.73. The second kappa shape index (κ2) is 12.1. The minimum atomic E-state index is -2.02. The van der Waals surface area contributed by atoms with Crippen LogP contribution in [0.3, 0.4) is 0 Å². The Hall–Kier alpha value is -1.22. The normalized spacial score (nSPS) is 36.3. The molecule has 3 fully saturated rings. The molecule has 0 radical (unpaired) electrons. The molecule has 4 aliphatic heterocycles. The van der Waals surface area contributed by atoms with Crippen molar-refractivity contribution in [3.63, 3.8) is 0 Å². The lowest BCUT2D eigenvalue weighted by molar-refractivity contribution is -0.270. The Morgan fingerprint density at radius 3 is 2.45 bits per heavy atom. The van der Waals surface area contributed by atoms with Crippen LogP contribution < -0.4 is 0 Å². The third-order valence-corrected chi connectivity index (χ3v) is 13.6. The lowest BCUT2D eigenvalue weighted by Crippen LogP contribution is -2.48. The van der Waals surface area contributed by atoms with Gasteiger partial charge in [0.05, 0.1) is 36.8 Å². The second-order valence-electron chi connectivity index (χ2n) is 13.0. The topological polar surface area (TPSA) is 55.4 Å². The molecule has 7 heteroatoms. The van der Waals surface area contributed by atoms with Gasteiger partial charge in [-0.15, -0.1) is 0 Å². The SMILES string of the molecule is CC(C)(C)[Si](C)(C)O[C@@H]1CC[C@@H]2O[C@H](c3ccccc3)OC[C@H]2O[C@H]1C/C1=C/CCC[C@H]2OCCC[C@@H]2O1. The van der Waals surface area contributed by atoms with Crippen LogP contribution in [0.4, 0.5) is 0 Å². The summed E-state index contributed by atoms with van der Waals surface area (Å²) in [5, 5.41) is 0.122. The quantitative estimate of drug-likeness (QED) is 0.370. The van der Waals surface area contributed by atoms with Crippen molar-refractivity contribution in [2.75, 3.05) is 13.2 Å². The van der Waals surface area contributed by atoms with Gasteiger partial charge >= 0.3 is 0 Å². The predicted molar refractivity (Wildman–Crippen MR) is 150 cm³/mol. The van der Waals surface area contributed by atoms with Crippen LogP contribution >= 0.6 is 0 Å². The summed E-state index contributed by atoms with van der Waals surface area (Å²) < 4.78 is 39.3. The fraction of sp³-hybridized carbons (Fsp3) is 0.742. The number of hydrogen-bond donors (Lipinski definition) is 0. The van der Waals surface area contributed by atoms with Gasteiger partial charge in [-0.2, -0.15) is 0 Å². The molecular formula is C31H48O6Si. The molecule has 0 aromatic heterocycles. The van der Waals surface area contributed by atoms with E-state index in [1.807, 2.05) is 18.2 Å². The van der Waals surface area contributed by atoms with Crippen molar-refractivity contribution in [2.45, 2.75) is 133 Å². The molecule has 1 aromatic carbocycles. The van der Waals surface area contributed by atoms with Gasteiger partial charge in [0.15, 0.2) is 14.6 Å². The first-order valence-electron chi connectivity index (χ1n) is 14.8. The molecule has 0 N–H and O–H groups in total. The van der Waals surface area contributed by atoms with Crippen LogP contribution in [-0.4, -0.2) is 58.2 Å². The minimum Gasteiger partial charge on any atom is -0.492 e. The fourth-order valence-electron chi connectivity index (χ4n) is 5.81. The lowest BCUT2D eigenvalue weighted by Gasteiger charge is -2.42. The molecule has 0 saturated carbocycles. The molecule has 4 heterocycles. The molecule has 0 bridgehead atoms. The van der Waals surface area contributed by atoms with Crippen LogP contribution in [0.5, 0.6) is 0 Å². The van der Waals surface area contributed by atoms with Crippen molar-refractivity contribution < 1.29 is 28.1 Å². The highest BCUT2D eigenvalue weighted by Gasteiger charge is 2.45. The summed E-state index contributed by atoms with van der Waals surface area (Å²) in [6.45, 7) is 13.0. The van der Waals surface area contributed by atoms with Crippen LogP contribution in [0.2, 0.25) is 18.1 Å². The largest absolute Gasteiger partial charge is 0.492 e. The number of rotatable bonds is 5. The van der Waals surface area contributed by atoms with Gasteiger partial charge in [0.2, 0.25) is 0 Å². The molecule has 212 valence electrons. The Bertz CT molecular complexity index is 928. The maximum Gasteiger partial charge on any atom is 0.192 e. The fourth-order valence-corrected chi connectivity index (χ4v) is 7.19. The molecule has 6 nitrogen and oxygen atoms in total. The monoisotopic (exact) mass is 544 g/mol. The molecule has 0 unspecified atom stereocenters.